The van der Waals surface area contributed by atoms with Crippen LogP contribution < -0.4 is 10.6 Å². The molecule has 0 saturated carbocycles. The summed E-state index contributed by atoms with van der Waals surface area (Å²) in [6.45, 7) is 6.25. The Morgan fingerprint density at radius 2 is 1.61 bits per heavy atom. The molecule has 0 aliphatic carbocycles. The highest BCUT2D eigenvalue weighted by Gasteiger charge is 2.58. The third-order valence-electron chi connectivity index (χ3n) is 8.57. The number of nitrogens with zero attached hydrogens (tertiary/aromatic N) is 2. The summed E-state index contributed by atoms with van der Waals surface area (Å²) in [5.74, 6) is -2.05. The second kappa shape index (κ2) is 12.7. The number of carbonyl (C=O) groups excluding carboxylic acids is 3. The Morgan fingerprint density at radius 3 is 2.27 bits per heavy atom. The number of rotatable bonds is 6. The molecule has 0 bridgehead atoms. The van der Waals surface area contributed by atoms with Gasteiger partial charge in [-0.05, 0) is 55.1 Å². The monoisotopic (exact) mass is 610 g/mol. The third-order valence-corrected chi connectivity index (χ3v) is 9.55. The molecule has 2 N–H and O–H groups in total. The fraction of sp³-hybridized carbons (Fsp3) is 0.286. The van der Waals surface area contributed by atoms with E-state index < -0.39 is 35.8 Å². The van der Waals surface area contributed by atoms with Crippen molar-refractivity contribution in [3.63, 3.8) is 0 Å². The molecule has 4 unspecified atom stereocenters. The van der Waals surface area contributed by atoms with E-state index in [4.69, 9.17) is 0 Å². The van der Waals surface area contributed by atoms with Crippen molar-refractivity contribution < 1.29 is 18.8 Å². The zero-order chi connectivity index (χ0) is 30.8. The van der Waals surface area contributed by atoms with E-state index in [2.05, 4.69) is 10.6 Å². The Labute approximate surface area is 260 Å². The van der Waals surface area contributed by atoms with Crippen LogP contribution in [0.5, 0.6) is 0 Å². The quantitative estimate of drug-likeness (QED) is 0.256. The summed E-state index contributed by atoms with van der Waals surface area (Å²) in [4.78, 5) is 48.1. The van der Waals surface area contributed by atoms with Gasteiger partial charge in [0.25, 0.3) is 0 Å². The minimum Gasteiger partial charge on any atom is -0.338 e. The molecule has 3 heterocycles. The molecule has 44 heavy (non-hydrogen) atoms. The Kier molecular flexibility index (Phi) is 8.59. The fourth-order valence-electron chi connectivity index (χ4n) is 6.48. The largest absolute Gasteiger partial charge is 0.338 e. The van der Waals surface area contributed by atoms with Crippen molar-refractivity contribution >= 4 is 34.7 Å². The predicted molar refractivity (Wildman–Crippen MR) is 170 cm³/mol. The number of amides is 3. The molecule has 3 amide bonds. The van der Waals surface area contributed by atoms with E-state index >= 15 is 0 Å². The lowest BCUT2D eigenvalue weighted by atomic mass is 9.78. The number of anilines is 1. The van der Waals surface area contributed by atoms with Crippen molar-refractivity contribution in [3.05, 3.63) is 123 Å². The maximum atomic E-state index is 14.7. The van der Waals surface area contributed by atoms with Gasteiger partial charge in [-0.2, -0.15) is 0 Å². The first-order chi connectivity index (χ1) is 21.3. The number of nitrogens with one attached hydrogen (secondary N) is 2. The topological polar surface area (TPSA) is 81.8 Å². The molecular weight excluding hydrogens is 575 g/mol. The number of benzene rings is 3. The van der Waals surface area contributed by atoms with E-state index in [1.807, 2.05) is 79.9 Å². The molecule has 6 rings (SSSR count). The number of Topliss-reactive ketones (excluding diaryl/α,β-unsaturated/α-hetero) is 1. The van der Waals surface area contributed by atoms with Crippen molar-refractivity contribution in [1.29, 1.82) is 0 Å². The highest BCUT2D eigenvalue weighted by molar-refractivity contribution is 7.10. The molecule has 4 aromatic rings. The van der Waals surface area contributed by atoms with Gasteiger partial charge in [0, 0.05) is 48.2 Å². The normalized spacial score (nSPS) is 21.7. The molecular formula is C35H35FN4O3S. The van der Waals surface area contributed by atoms with E-state index in [0.29, 0.717) is 37.4 Å². The van der Waals surface area contributed by atoms with Crippen molar-refractivity contribution in [3.8, 4) is 0 Å². The van der Waals surface area contributed by atoms with Gasteiger partial charge in [-0.25, -0.2) is 9.18 Å². The maximum absolute atomic E-state index is 14.7. The number of halogens is 1. The van der Waals surface area contributed by atoms with Gasteiger partial charge in [0.05, 0.1) is 12.0 Å². The van der Waals surface area contributed by atoms with Crippen LogP contribution in [0, 0.1) is 25.6 Å². The number of likely N-dealkylation sites (tertiary alicyclic amines) is 1. The van der Waals surface area contributed by atoms with Crippen LogP contribution in [0.25, 0.3) is 0 Å². The van der Waals surface area contributed by atoms with Gasteiger partial charge in [0.1, 0.15) is 11.9 Å². The molecule has 7 nitrogen and oxygen atoms in total. The molecule has 9 heteroatoms. The molecule has 2 fully saturated rings. The number of aryl methyl sites for hydroxylation is 2. The number of hydrogen-bond acceptors (Lipinski definition) is 5. The second-order valence-corrected chi connectivity index (χ2v) is 12.5. The van der Waals surface area contributed by atoms with Gasteiger partial charge in [-0.1, -0.05) is 65.7 Å². The average molecular weight is 611 g/mol. The summed E-state index contributed by atoms with van der Waals surface area (Å²) in [7, 11) is 0. The van der Waals surface area contributed by atoms with Crippen molar-refractivity contribution in [2.24, 2.45) is 5.92 Å². The van der Waals surface area contributed by atoms with Crippen molar-refractivity contribution in [2.45, 2.75) is 31.8 Å². The summed E-state index contributed by atoms with van der Waals surface area (Å²) in [6, 6.07) is 22.5. The number of ketones is 1. The predicted octanol–water partition coefficient (Wildman–Crippen LogP) is 6.18. The van der Waals surface area contributed by atoms with Crippen LogP contribution in [0.4, 0.5) is 14.9 Å². The molecule has 2 saturated heterocycles. The van der Waals surface area contributed by atoms with Crippen LogP contribution in [0.2, 0.25) is 0 Å². The van der Waals surface area contributed by atoms with E-state index in [9.17, 15) is 18.8 Å². The summed E-state index contributed by atoms with van der Waals surface area (Å²) in [6.07, 6.45) is 0. The van der Waals surface area contributed by atoms with E-state index in [1.165, 1.54) is 35.6 Å². The first kappa shape index (κ1) is 29.7. The Bertz CT molecular complexity index is 1640. The fourth-order valence-corrected chi connectivity index (χ4v) is 7.39. The highest BCUT2D eigenvalue weighted by atomic mass is 32.1. The lowest BCUT2D eigenvalue weighted by molar-refractivity contribution is -0.136. The highest BCUT2D eigenvalue weighted by Crippen LogP contribution is 2.53. The molecule has 0 spiro atoms. The Morgan fingerprint density at radius 1 is 0.886 bits per heavy atom. The summed E-state index contributed by atoms with van der Waals surface area (Å²) < 4.78 is 13.7. The van der Waals surface area contributed by atoms with Crippen LogP contribution in [0.15, 0.2) is 90.3 Å². The van der Waals surface area contributed by atoms with Crippen LogP contribution in [0.3, 0.4) is 0 Å². The smallest absolute Gasteiger partial charge is 0.323 e. The van der Waals surface area contributed by atoms with Gasteiger partial charge in [0.15, 0.2) is 5.78 Å². The van der Waals surface area contributed by atoms with E-state index in [0.717, 1.165) is 21.6 Å². The van der Waals surface area contributed by atoms with Crippen molar-refractivity contribution in [1.82, 2.24) is 15.1 Å². The van der Waals surface area contributed by atoms with Crippen LogP contribution in [0.1, 0.15) is 43.9 Å². The Hall–Kier alpha value is -4.34. The van der Waals surface area contributed by atoms with Gasteiger partial charge in [0.2, 0.25) is 5.91 Å². The average Bonchev–Trinajstić information content (AvgIpc) is 3.69. The minimum absolute atomic E-state index is 0.120. The second-order valence-electron chi connectivity index (χ2n) is 11.5. The summed E-state index contributed by atoms with van der Waals surface area (Å²) in [5.41, 5.74) is 3.72. The molecule has 0 radical (unpaired) electrons. The van der Waals surface area contributed by atoms with Gasteiger partial charge < -0.3 is 20.4 Å². The van der Waals surface area contributed by atoms with Crippen LogP contribution in [-0.2, 0) is 4.79 Å². The lowest BCUT2D eigenvalue weighted by Gasteiger charge is -2.36. The number of urea groups is 1. The first-order valence-electron chi connectivity index (χ1n) is 14.9. The number of piperazine rings is 1. The maximum Gasteiger partial charge on any atom is 0.323 e. The van der Waals surface area contributed by atoms with E-state index in [-0.39, 0.29) is 11.7 Å². The molecule has 1 aromatic heterocycles. The zero-order valence-electron chi connectivity index (χ0n) is 24.7. The van der Waals surface area contributed by atoms with Gasteiger partial charge in [-0.3, -0.25) is 9.59 Å². The summed E-state index contributed by atoms with van der Waals surface area (Å²) >= 11 is 1.49. The number of carbonyl (C=O) groups is 3. The lowest BCUT2D eigenvalue weighted by Crippen LogP contribution is -2.55. The molecule has 2 aliphatic rings. The minimum atomic E-state index is -0.947. The van der Waals surface area contributed by atoms with Crippen LogP contribution >= 0.6 is 11.3 Å². The Balaban J connectivity index is 1.55. The molecule has 3 aromatic carbocycles. The van der Waals surface area contributed by atoms with Gasteiger partial charge in [-0.15, -0.1) is 11.3 Å². The van der Waals surface area contributed by atoms with E-state index in [1.54, 1.807) is 9.80 Å². The first-order valence-corrected chi connectivity index (χ1v) is 15.7. The number of thiophene rings is 1. The third kappa shape index (κ3) is 5.89. The SMILES string of the molecule is Cc1ccc(C(=O)C2C(c3cccs3)C(C(=O)N3CCNCC3)N(C(=O)Nc3ccc(F)cc3)C2c2cccc(C)c2)cc1. The molecule has 4 atom stereocenters. The van der Waals surface area contributed by atoms with Crippen LogP contribution in [-0.4, -0.2) is 59.7 Å². The van der Waals surface area contributed by atoms with Crippen molar-refractivity contribution in [2.75, 3.05) is 31.5 Å². The molecule has 2 aliphatic heterocycles. The van der Waals surface area contributed by atoms with Gasteiger partial charge >= 0.3 is 6.03 Å². The zero-order valence-corrected chi connectivity index (χ0v) is 25.5. The standard InChI is InChI=1S/C35H35FN4O3S/c1-22-8-10-24(11-9-22)33(41)30-29(28-7-4-20-44-28)32(34(42)39-18-16-37-17-19-39)40(31(30)25-6-3-5-23(2)21-25)35(43)38-27-14-12-26(36)13-15-27/h3-15,20-21,29-32,37H,16-19H2,1-2H3,(H,38,43). The summed E-state index contributed by atoms with van der Waals surface area (Å²) in [5, 5.41) is 8.15. The number of hydrogen-bond donors (Lipinski definition) is 2. The molecule has 226 valence electrons.